The van der Waals surface area contributed by atoms with Crippen molar-refractivity contribution in [2.45, 2.75) is 38.8 Å². The Bertz CT molecular complexity index is 511. The molecule has 4 N–H and O–H groups in total. The highest BCUT2D eigenvalue weighted by Crippen LogP contribution is 2.17. The van der Waals surface area contributed by atoms with E-state index in [0.717, 1.165) is 5.56 Å². The minimum atomic E-state index is -1.31. The van der Waals surface area contributed by atoms with E-state index < -0.39 is 23.5 Å². The van der Waals surface area contributed by atoms with E-state index in [-0.39, 0.29) is 18.7 Å². The number of phenolic OH excluding ortho intramolecular Hbond substituents is 1. The number of amides is 1. The Labute approximate surface area is 124 Å². The Morgan fingerprint density at radius 1 is 1.29 bits per heavy atom. The molecule has 1 amide bonds. The maximum absolute atomic E-state index is 12.4. The fourth-order valence-electron chi connectivity index (χ4n) is 2.12. The van der Waals surface area contributed by atoms with E-state index in [2.05, 4.69) is 0 Å². The van der Waals surface area contributed by atoms with Gasteiger partial charge in [-0.25, -0.2) is 4.79 Å². The van der Waals surface area contributed by atoms with Crippen LogP contribution < -0.4 is 5.73 Å². The zero-order valence-corrected chi connectivity index (χ0v) is 12.5. The molecule has 1 atom stereocenters. The lowest BCUT2D eigenvalue weighted by Crippen LogP contribution is -2.57. The van der Waals surface area contributed by atoms with Crippen molar-refractivity contribution in [3.05, 3.63) is 29.8 Å². The van der Waals surface area contributed by atoms with Gasteiger partial charge in [0.1, 0.15) is 11.3 Å². The van der Waals surface area contributed by atoms with Crippen LogP contribution in [0.3, 0.4) is 0 Å². The van der Waals surface area contributed by atoms with Gasteiger partial charge in [-0.2, -0.15) is 0 Å². The average Bonchev–Trinajstić information content (AvgIpc) is 2.41. The number of carboxylic acids is 1. The van der Waals surface area contributed by atoms with Gasteiger partial charge in [-0.05, 0) is 44.9 Å². The van der Waals surface area contributed by atoms with Gasteiger partial charge in [0.15, 0.2) is 0 Å². The number of nitrogens with zero attached hydrogens (tertiary/aromatic N) is 1. The van der Waals surface area contributed by atoms with Gasteiger partial charge < -0.3 is 20.8 Å². The molecule has 1 rings (SSSR count). The van der Waals surface area contributed by atoms with Crippen LogP contribution in [0.4, 0.5) is 0 Å². The summed E-state index contributed by atoms with van der Waals surface area (Å²) in [5, 5.41) is 18.5. The van der Waals surface area contributed by atoms with Crippen LogP contribution in [0.2, 0.25) is 0 Å². The third-order valence-corrected chi connectivity index (χ3v) is 3.49. The summed E-state index contributed by atoms with van der Waals surface area (Å²) < 4.78 is 0. The lowest BCUT2D eigenvalue weighted by Gasteiger charge is -2.35. The highest BCUT2D eigenvalue weighted by molar-refractivity contribution is 5.89. The molecule has 1 aromatic rings. The highest BCUT2D eigenvalue weighted by Gasteiger charge is 2.38. The van der Waals surface area contributed by atoms with Gasteiger partial charge in [0.25, 0.3) is 0 Å². The minimum absolute atomic E-state index is 0.140. The van der Waals surface area contributed by atoms with Crippen LogP contribution in [0.5, 0.6) is 5.75 Å². The monoisotopic (exact) mass is 294 g/mol. The van der Waals surface area contributed by atoms with Crippen LogP contribution in [0.25, 0.3) is 0 Å². The molecule has 116 valence electrons. The second-order valence-corrected chi connectivity index (χ2v) is 5.42. The Morgan fingerprint density at radius 2 is 1.81 bits per heavy atom. The zero-order valence-electron chi connectivity index (χ0n) is 12.5. The molecule has 0 aliphatic carbocycles. The molecule has 6 heteroatoms. The highest BCUT2D eigenvalue weighted by atomic mass is 16.4. The first-order valence-electron chi connectivity index (χ1n) is 6.78. The fourth-order valence-corrected chi connectivity index (χ4v) is 2.12. The summed E-state index contributed by atoms with van der Waals surface area (Å²) in [5.41, 5.74) is 5.41. The van der Waals surface area contributed by atoms with Crippen LogP contribution in [-0.4, -0.2) is 45.1 Å². The molecule has 0 saturated heterocycles. The lowest BCUT2D eigenvalue weighted by molar-refractivity contribution is -0.157. The Balaban J connectivity index is 2.85. The summed E-state index contributed by atoms with van der Waals surface area (Å²) in [6.07, 6.45) is 0.283. The molecule has 0 heterocycles. The number of rotatable bonds is 6. The number of nitrogens with two attached hydrogens (primary N) is 1. The molecule has 1 aromatic carbocycles. The van der Waals surface area contributed by atoms with Crippen molar-refractivity contribution in [1.29, 1.82) is 0 Å². The van der Waals surface area contributed by atoms with E-state index in [1.165, 1.54) is 30.9 Å². The predicted molar refractivity (Wildman–Crippen MR) is 78.9 cm³/mol. The van der Waals surface area contributed by atoms with Crippen molar-refractivity contribution >= 4 is 11.9 Å². The summed E-state index contributed by atoms with van der Waals surface area (Å²) in [6.45, 7) is 4.94. The van der Waals surface area contributed by atoms with E-state index in [1.807, 2.05) is 0 Å². The van der Waals surface area contributed by atoms with Crippen LogP contribution in [0, 0.1) is 0 Å². The Morgan fingerprint density at radius 3 is 2.24 bits per heavy atom. The van der Waals surface area contributed by atoms with Gasteiger partial charge in [-0.3, -0.25) is 4.79 Å². The predicted octanol–water partition coefficient (Wildman–Crippen LogP) is 0.974. The first-order chi connectivity index (χ1) is 9.70. The van der Waals surface area contributed by atoms with Crippen molar-refractivity contribution in [3.8, 4) is 5.75 Å². The van der Waals surface area contributed by atoms with Gasteiger partial charge >= 0.3 is 5.97 Å². The molecular formula is C15H22N2O4. The standard InChI is InChI=1S/C15H22N2O4/c1-4-17(15(2,3)14(20)21)13(19)12(16)9-10-5-7-11(18)8-6-10/h5-8,12,18H,4,9,16H2,1-3H3,(H,20,21)/t12-/m0/s1. The summed E-state index contributed by atoms with van der Waals surface area (Å²) in [4.78, 5) is 24.9. The molecule has 0 aliphatic heterocycles. The molecule has 0 aromatic heterocycles. The molecular weight excluding hydrogens is 272 g/mol. The molecule has 0 bridgehead atoms. The fraction of sp³-hybridized carbons (Fsp3) is 0.467. The van der Waals surface area contributed by atoms with Crippen molar-refractivity contribution in [1.82, 2.24) is 4.90 Å². The Hall–Kier alpha value is -2.08. The van der Waals surface area contributed by atoms with Gasteiger partial charge in [-0.1, -0.05) is 12.1 Å². The molecule has 21 heavy (non-hydrogen) atoms. The number of carbonyl (C=O) groups excluding carboxylic acids is 1. The first kappa shape index (κ1) is 17.0. The smallest absolute Gasteiger partial charge is 0.329 e. The van der Waals surface area contributed by atoms with Crippen LogP contribution in [0.1, 0.15) is 26.3 Å². The number of carboxylic acid groups (broad SMARTS) is 1. The normalized spacial score (nSPS) is 12.8. The molecule has 0 radical (unpaired) electrons. The van der Waals surface area contributed by atoms with Gasteiger partial charge in [0.2, 0.25) is 5.91 Å². The third kappa shape index (κ3) is 3.95. The third-order valence-electron chi connectivity index (χ3n) is 3.49. The maximum Gasteiger partial charge on any atom is 0.329 e. The quantitative estimate of drug-likeness (QED) is 0.725. The number of benzene rings is 1. The topological polar surface area (TPSA) is 104 Å². The number of likely N-dealkylation sites (N-methyl/N-ethyl adjacent to an activating group) is 1. The number of phenols is 1. The van der Waals surface area contributed by atoms with Crippen molar-refractivity contribution in [3.63, 3.8) is 0 Å². The molecule has 0 saturated carbocycles. The number of aliphatic carboxylic acids is 1. The molecule has 0 spiro atoms. The number of carbonyl (C=O) groups is 2. The zero-order chi connectivity index (χ0) is 16.2. The summed E-state index contributed by atoms with van der Waals surface area (Å²) in [5.74, 6) is -1.34. The van der Waals surface area contributed by atoms with E-state index in [1.54, 1.807) is 19.1 Å². The summed E-state index contributed by atoms with van der Waals surface area (Å²) in [6, 6.07) is 5.58. The first-order valence-corrected chi connectivity index (χ1v) is 6.78. The van der Waals surface area contributed by atoms with Crippen LogP contribution in [-0.2, 0) is 16.0 Å². The largest absolute Gasteiger partial charge is 0.508 e. The van der Waals surface area contributed by atoms with Gasteiger partial charge in [0, 0.05) is 6.54 Å². The van der Waals surface area contributed by atoms with E-state index >= 15 is 0 Å². The van der Waals surface area contributed by atoms with Gasteiger partial charge in [0.05, 0.1) is 6.04 Å². The van der Waals surface area contributed by atoms with Crippen molar-refractivity contribution in [2.24, 2.45) is 5.73 Å². The number of hydrogen-bond donors (Lipinski definition) is 3. The summed E-state index contributed by atoms with van der Waals surface area (Å²) >= 11 is 0. The van der Waals surface area contributed by atoms with E-state index in [4.69, 9.17) is 5.73 Å². The van der Waals surface area contributed by atoms with Gasteiger partial charge in [-0.15, -0.1) is 0 Å². The minimum Gasteiger partial charge on any atom is -0.508 e. The number of aromatic hydroxyl groups is 1. The Kier molecular flexibility index (Phi) is 5.32. The number of hydrogen-bond acceptors (Lipinski definition) is 4. The SMILES string of the molecule is CCN(C(=O)[C@@H](N)Cc1ccc(O)cc1)C(C)(C)C(=O)O. The average molecular weight is 294 g/mol. The second-order valence-electron chi connectivity index (χ2n) is 5.42. The summed E-state index contributed by atoms with van der Waals surface area (Å²) in [7, 11) is 0. The molecule has 6 nitrogen and oxygen atoms in total. The second kappa shape index (κ2) is 6.58. The molecule has 0 unspecified atom stereocenters. The van der Waals surface area contributed by atoms with Crippen LogP contribution in [0.15, 0.2) is 24.3 Å². The van der Waals surface area contributed by atoms with Crippen molar-refractivity contribution in [2.75, 3.05) is 6.54 Å². The van der Waals surface area contributed by atoms with E-state index in [0.29, 0.717) is 0 Å². The van der Waals surface area contributed by atoms with E-state index in [9.17, 15) is 19.8 Å². The molecule has 0 aliphatic rings. The lowest BCUT2D eigenvalue weighted by atomic mass is 9.99. The molecule has 0 fully saturated rings. The van der Waals surface area contributed by atoms with Crippen LogP contribution >= 0.6 is 0 Å². The van der Waals surface area contributed by atoms with Crippen molar-refractivity contribution < 1.29 is 19.8 Å². The maximum atomic E-state index is 12.4.